The van der Waals surface area contributed by atoms with Gasteiger partial charge in [-0.15, -0.1) is 0 Å². The van der Waals surface area contributed by atoms with Crippen LogP contribution in [0.4, 0.5) is 0 Å². The van der Waals surface area contributed by atoms with Crippen LogP contribution >= 0.6 is 0 Å². The van der Waals surface area contributed by atoms with Gasteiger partial charge >= 0.3 is 5.97 Å². The molecule has 1 atom stereocenters. The molecule has 0 radical (unpaired) electrons. The maximum absolute atomic E-state index is 11.5. The highest BCUT2D eigenvalue weighted by atomic mass is 32.2. The van der Waals surface area contributed by atoms with E-state index in [1.807, 2.05) is 0 Å². The molecular formula is C10H20N2O4S. The lowest BCUT2D eigenvalue weighted by Gasteiger charge is -2.23. The summed E-state index contributed by atoms with van der Waals surface area (Å²) in [6, 6.07) is 0.206. The van der Waals surface area contributed by atoms with Crippen LogP contribution in [0.2, 0.25) is 0 Å². The first kappa shape index (κ1) is 14.4. The highest BCUT2D eigenvalue weighted by molar-refractivity contribution is 7.89. The van der Waals surface area contributed by atoms with Crippen molar-refractivity contribution in [3.8, 4) is 0 Å². The quantitative estimate of drug-likeness (QED) is 0.597. The summed E-state index contributed by atoms with van der Waals surface area (Å²) >= 11 is 0. The molecule has 1 aliphatic heterocycles. The van der Waals surface area contributed by atoms with Crippen molar-refractivity contribution in [2.75, 3.05) is 18.8 Å². The Kier molecular flexibility index (Phi) is 5.87. The molecule has 1 unspecified atom stereocenters. The summed E-state index contributed by atoms with van der Waals surface area (Å²) in [6.45, 7) is 1.33. The third kappa shape index (κ3) is 6.60. The SMILES string of the molecule is O=C(O)CCCS(=O)(=O)NCC1CCCCN1. The van der Waals surface area contributed by atoms with E-state index in [2.05, 4.69) is 10.0 Å². The number of rotatable bonds is 7. The van der Waals surface area contributed by atoms with E-state index >= 15 is 0 Å². The van der Waals surface area contributed by atoms with Gasteiger partial charge in [0.2, 0.25) is 10.0 Å². The average Bonchev–Trinajstić information content (AvgIpc) is 2.27. The van der Waals surface area contributed by atoms with Gasteiger partial charge in [-0.05, 0) is 25.8 Å². The average molecular weight is 264 g/mol. The Balaban J connectivity index is 2.21. The van der Waals surface area contributed by atoms with E-state index in [0.717, 1.165) is 25.8 Å². The Morgan fingerprint density at radius 3 is 2.76 bits per heavy atom. The third-order valence-electron chi connectivity index (χ3n) is 2.77. The van der Waals surface area contributed by atoms with E-state index in [9.17, 15) is 13.2 Å². The number of nitrogens with one attached hydrogen (secondary N) is 2. The van der Waals surface area contributed by atoms with Gasteiger partial charge in [0, 0.05) is 19.0 Å². The van der Waals surface area contributed by atoms with Gasteiger partial charge in [0.05, 0.1) is 5.75 Å². The number of hydrogen-bond donors (Lipinski definition) is 3. The second-order valence-electron chi connectivity index (χ2n) is 4.31. The van der Waals surface area contributed by atoms with Crippen molar-refractivity contribution in [1.82, 2.24) is 10.0 Å². The van der Waals surface area contributed by atoms with Crippen LogP contribution in [0.3, 0.4) is 0 Å². The first-order chi connectivity index (χ1) is 7.99. The zero-order valence-corrected chi connectivity index (χ0v) is 10.6. The minimum atomic E-state index is -3.33. The molecule has 3 N–H and O–H groups in total. The molecule has 0 spiro atoms. The van der Waals surface area contributed by atoms with Gasteiger partial charge in [-0.2, -0.15) is 0 Å². The molecule has 17 heavy (non-hydrogen) atoms. The van der Waals surface area contributed by atoms with Crippen LogP contribution < -0.4 is 10.0 Å². The molecule has 0 aromatic rings. The zero-order valence-electron chi connectivity index (χ0n) is 9.81. The van der Waals surface area contributed by atoms with Crippen molar-refractivity contribution in [1.29, 1.82) is 0 Å². The first-order valence-electron chi connectivity index (χ1n) is 5.92. The largest absolute Gasteiger partial charge is 0.481 e. The molecule has 1 fully saturated rings. The number of carboxylic acids is 1. The predicted molar refractivity (Wildman–Crippen MR) is 64.3 cm³/mol. The fraction of sp³-hybridized carbons (Fsp3) is 0.900. The number of piperidine rings is 1. The molecule has 1 rings (SSSR count). The molecule has 100 valence electrons. The molecule has 1 aliphatic rings. The van der Waals surface area contributed by atoms with Crippen molar-refractivity contribution in [2.24, 2.45) is 0 Å². The van der Waals surface area contributed by atoms with Crippen molar-refractivity contribution < 1.29 is 18.3 Å². The smallest absolute Gasteiger partial charge is 0.303 e. The number of hydrogen-bond acceptors (Lipinski definition) is 4. The lowest BCUT2D eigenvalue weighted by Crippen LogP contribution is -2.43. The van der Waals surface area contributed by atoms with Gasteiger partial charge in [0.1, 0.15) is 0 Å². The summed E-state index contributed by atoms with van der Waals surface area (Å²) in [5.74, 6) is -1.08. The van der Waals surface area contributed by atoms with Gasteiger partial charge in [-0.3, -0.25) is 4.79 Å². The van der Waals surface area contributed by atoms with Crippen LogP contribution in [-0.2, 0) is 14.8 Å². The monoisotopic (exact) mass is 264 g/mol. The van der Waals surface area contributed by atoms with E-state index in [1.165, 1.54) is 0 Å². The molecule has 0 bridgehead atoms. The highest BCUT2D eigenvalue weighted by Gasteiger charge is 2.16. The fourth-order valence-corrected chi connectivity index (χ4v) is 2.94. The van der Waals surface area contributed by atoms with Crippen LogP contribution in [0, 0.1) is 0 Å². The Morgan fingerprint density at radius 2 is 2.18 bits per heavy atom. The summed E-state index contributed by atoms with van der Waals surface area (Å²) in [5.41, 5.74) is 0. The molecule has 1 heterocycles. The summed E-state index contributed by atoms with van der Waals surface area (Å²) in [4.78, 5) is 10.3. The summed E-state index contributed by atoms with van der Waals surface area (Å²) in [5, 5.41) is 11.7. The first-order valence-corrected chi connectivity index (χ1v) is 7.57. The fourth-order valence-electron chi connectivity index (χ4n) is 1.81. The number of aliphatic carboxylic acids is 1. The minimum Gasteiger partial charge on any atom is -0.481 e. The van der Waals surface area contributed by atoms with Gasteiger partial charge in [-0.1, -0.05) is 6.42 Å². The Bertz CT molecular complexity index is 336. The van der Waals surface area contributed by atoms with Crippen LogP contribution in [0.25, 0.3) is 0 Å². The topological polar surface area (TPSA) is 95.5 Å². The highest BCUT2D eigenvalue weighted by Crippen LogP contribution is 2.06. The zero-order chi connectivity index (χ0) is 12.7. The molecule has 7 heteroatoms. The van der Waals surface area contributed by atoms with Crippen LogP contribution in [-0.4, -0.2) is 44.4 Å². The molecule has 0 aromatic carbocycles. The lowest BCUT2D eigenvalue weighted by molar-refractivity contribution is -0.137. The Labute approximate surface area is 102 Å². The number of sulfonamides is 1. The van der Waals surface area contributed by atoms with Crippen LogP contribution in [0.15, 0.2) is 0 Å². The summed E-state index contributed by atoms with van der Waals surface area (Å²) < 4.78 is 25.6. The molecule has 0 aliphatic carbocycles. The molecule has 6 nitrogen and oxygen atoms in total. The number of carboxylic acid groups (broad SMARTS) is 1. The van der Waals surface area contributed by atoms with Gasteiger partial charge in [0.15, 0.2) is 0 Å². The molecule has 0 saturated carbocycles. The lowest BCUT2D eigenvalue weighted by atomic mass is 10.1. The van der Waals surface area contributed by atoms with Crippen LogP contribution in [0.1, 0.15) is 32.1 Å². The van der Waals surface area contributed by atoms with E-state index in [0.29, 0.717) is 6.54 Å². The minimum absolute atomic E-state index is 0.109. The normalized spacial score (nSPS) is 21.3. The maximum Gasteiger partial charge on any atom is 0.303 e. The molecule has 1 saturated heterocycles. The van der Waals surface area contributed by atoms with E-state index < -0.39 is 16.0 Å². The standard InChI is InChI=1S/C10H20N2O4S/c13-10(14)5-3-7-17(15,16)12-8-9-4-1-2-6-11-9/h9,11-12H,1-8H2,(H,13,14). The Hall–Kier alpha value is -0.660. The van der Waals surface area contributed by atoms with Crippen molar-refractivity contribution in [2.45, 2.75) is 38.1 Å². The van der Waals surface area contributed by atoms with Crippen molar-refractivity contribution in [3.63, 3.8) is 0 Å². The van der Waals surface area contributed by atoms with Gasteiger partial charge < -0.3 is 10.4 Å². The van der Waals surface area contributed by atoms with Crippen molar-refractivity contribution >= 4 is 16.0 Å². The molecule has 0 aromatic heterocycles. The van der Waals surface area contributed by atoms with Gasteiger partial charge in [-0.25, -0.2) is 13.1 Å². The van der Waals surface area contributed by atoms with E-state index in [-0.39, 0.29) is 24.6 Å². The summed E-state index contributed by atoms with van der Waals surface area (Å²) in [6.07, 6.45) is 3.29. The summed E-state index contributed by atoms with van der Waals surface area (Å²) in [7, 11) is -3.33. The third-order valence-corrected chi connectivity index (χ3v) is 4.20. The molecule has 0 amide bonds. The van der Waals surface area contributed by atoms with Crippen molar-refractivity contribution in [3.05, 3.63) is 0 Å². The van der Waals surface area contributed by atoms with Crippen LogP contribution in [0.5, 0.6) is 0 Å². The van der Waals surface area contributed by atoms with Gasteiger partial charge in [0.25, 0.3) is 0 Å². The second-order valence-corrected chi connectivity index (χ2v) is 6.24. The van der Waals surface area contributed by atoms with E-state index in [4.69, 9.17) is 5.11 Å². The number of carbonyl (C=O) groups is 1. The Morgan fingerprint density at radius 1 is 1.41 bits per heavy atom. The maximum atomic E-state index is 11.5. The predicted octanol–water partition coefficient (Wildman–Crippen LogP) is -0.0873. The molecular weight excluding hydrogens is 244 g/mol. The van der Waals surface area contributed by atoms with E-state index in [1.54, 1.807) is 0 Å². The second kappa shape index (κ2) is 6.93.